The predicted octanol–water partition coefficient (Wildman–Crippen LogP) is 5.01. The average Bonchev–Trinajstić information content (AvgIpc) is 3.38. The van der Waals surface area contributed by atoms with Gasteiger partial charge in [-0.15, -0.1) is 0 Å². The predicted molar refractivity (Wildman–Crippen MR) is 128 cm³/mol. The fraction of sp³-hybridized carbons (Fsp3) is 0.440. The Balaban J connectivity index is 1.63. The molecule has 1 heterocycles. The first-order valence-corrected chi connectivity index (χ1v) is 13.1. The second kappa shape index (κ2) is 10.6. The first-order valence-electron chi connectivity index (χ1n) is 11.6. The van der Waals surface area contributed by atoms with Crippen molar-refractivity contribution < 1.29 is 22.4 Å². The van der Waals surface area contributed by atoms with Gasteiger partial charge < -0.3 is 14.0 Å². The van der Waals surface area contributed by atoms with Crippen LogP contribution in [-0.4, -0.2) is 43.6 Å². The fourth-order valence-electron chi connectivity index (χ4n) is 4.33. The minimum absolute atomic E-state index is 0.155. The Bertz CT molecular complexity index is 1200. The summed E-state index contributed by atoms with van der Waals surface area (Å²) in [6.45, 7) is 2.39. The molecule has 0 unspecified atom stereocenters. The van der Waals surface area contributed by atoms with E-state index in [1.165, 1.54) is 17.8 Å². The van der Waals surface area contributed by atoms with Gasteiger partial charge in [0.2, 0.25) is 21.7 Å². The van der Waals surface area contributed by atoms with E-state index in [1.807, 2.05) is 31.2 Å². The summed E-state index contributed by atoms with van der Waals surface area (Å²) in [5, 5.41) is 4.16. The van der Waals surface area contributed by atoms with Gasteiger partial charge in [0.25, 0.3) is 0 Å². The van der Waals surface area contributed by atoms with Crippen molar-refractivity contribution in [3.63, 3.8) is 0 Å². The maximum absolute atomic E-state index is 13.5. The summed E-state index contributed by atoms with van der Waals surface area (Å²) in [6.07, 6.45) is 5.60. The molecule has 1 aliphatic carbocycles. The van der Waals surface area contributed by atoms with Crippen LogP contribution in [0.5, 0.6) is 11.5 Å². The lowest BCUT2D eigenvalue weighted by Gasteiger charge is -2.21. The molecule has 0 atom stereocenters. The Hall–Kier alpha value is -2.91. The third kappa shape index (κ3) is 5.10. The van der Waals surface area contributed by atoms with E-state index < -0.39 is 10.0 Å². The molecule has 1 fully saturated rings. The van der Waals surface area contributed by atoms with Crippen LogP contribution < -0.4 is 9.47 Å². The van der Waals surface area contributed by atoms with E-state index in [0.29, 0.717) is 29.6 Å². The molecule has 0 saturated heterocycles. The average molecular weight is 486 g/mol. The largest absolute Gasteiger partial charge is 0.497 e. The molecule has 9 heteroatoms. The van der Waals surface area contributed by atoms with E-state index >= 15 is 0 Å². The zero-order valence-electron chi connectivity index (χ0n) is 19.9. The highest BCUT2D eigenvalue weighted by molar-refractivity contribution is 7.89. The molecule has 2 aromatic carbocycles. The highest BCUT2D eigenvalue weighted by atomic mass is 32.2. The molecule has 0 amide bonds. The summed E-state index contributed by atoms with van der Waals surface area (Å²) in [5.74, 6) is 2.43. The van der Waals surface area contributed by atoms with Crippen LogP contribution >= 0.6 is 0 Å². The lowest BCUT2D eigenvalue weighted by atomic mass is 9.89. The maximum Gasteiger partial charge on any atom is 0.243 e. The van der Waals surface area contributed by atoms with Gasteiger partial charge in [-0.25, -0.2) is 8.42 Å². The highest BCUT2D eigenvalue weighted by Crippen LogP contribution is 2.35. The molecular formula is C25H31N3O5S. The van der Waals surface area contributed by atoms with E-state index in [0.717, 1.165) is 37.0 Å². The Kier molecular flexibility index (Phi) is 7.53. The van der Waals surface area contributed by atoms with Gasteiger partial charge in [-0.2, -0.15) is 9.29 Å². The van der Waals surface area contributed by atoms with Crippen molar-refractivity contribution in [1.29, 1.82) is 0 Å². The number of nitrogens with zero attached hydrogens (tertiary/aromatic N) is 3. The number of methoxy groups -OCH3 is 2. The topological polar surface area (TPSA) is 94.8 Å². The molecule has 0 aliphatic heterocycles. The van der Waals surface area contributed by atoms with Crippen LogP contribution in [0.25, 0.3) is 11.4 Å². The number of ether oxygens (including phenoxy) is 2. The lowest BCUT2D eigenvalue weighted by Crippen LogP contribution is -2.30. The van der Waals surface area contributed by atoms with Crippen molar-refractivity contribution in [1.82, 2.24) is 14.4 Å². The Morgan fingerprint density at radius 1 is 1.03 bits per heavy atom. The summed E-state index contributed by atoms with van der Waals surface area (Å²) >= 11 is 0. The summed E-state index contributed by atoms with van der Waals surface area (Å²) < 4.78 is 44.7. The van der Waals surface area contributed by atoms with E-state index in [2.05, 4.69) is 10.1 Å². The molecule has 0 spiro atoms. The Morgan fingerprint density at radius 3 is 2.41 bits per heavy atom. The number of benzene rings is 2. The van der Waals surface area contributed by atoms with Gasteiger partial charge in [0, 0.05) is 19.0 Å². The van der Waals surface area contributed by atoms with Crippen LogP contribution in [0.3, 0.4) is 0 Å². The van der Waals surface area contributed by atoms with Crippen molar-refractivity contribution in [3.8, 4) is 22.9 Å². The first-order chi connectivity index (χ1) is 16.5. The molecule has 182 valence electrons. The number of aromatic nitrogens is 2. The third-order valence-corrected chi connectivity index (χ3v) is 8.23. The van der Waals surface area contributed by atoms with Crippen molar-refractivity contribution in [2.75, 3.05) is 20.8 Å². The van der Waals surface area contributed by atoms with Gasteiger partial charge >= 0.3 is 0 Å². The second-order valence-electron chi connectivity index (χ2n) is 8.43. The monoisotopic (exact) mass is 485 g/mol. The van der Waals surface area contributed by atoms with Gasteiger partial charge in [-0.1, -0.05) is 43.5 Å². The standard InChI is InChI=1S/C25H31N3O5S/c1-4-28(17-18-10-12-20(31-2)13-11-18)34(29,30)21-14-15-23(32-3)22(16-21)24-26-25(33-27-24)19-8-6-5-7-9-19/h10-16,19H,4-9,17H2,1-3H3. The zero-order chi connectivity index (χ0) is 24.1. The van der Waals surface area contributed by atoms with Crippen LogP contribution in [0, 0.1) is 0 Å². The van der Waals surface area contributed by atoms with E-state index in [-0.39, 0.29) is 17.4 Å². The molecule has 0 bridgehead atoms. The van der Waals surface area contributed by atoms with E-state index in [9.17, 15) is 8.42 Å². The van der Waals surface area contributed by atoms with Crippen molar-refractivity contribution in [2.24, 2.45) is 0 Å². The number of hydrogen-bond acceptors (Lipinski definition) is 7. The van der Waals surface area contributed by atoms with Crippen molar-refractivity contribution in [3.05, 3.63) is 53.9 Å². The third-order valence-electron chi connectivity index (χ3n) is 6.32. The van der Waals surface area contributed by atoms with Crippen LogP contribution in [-0.2, 0) is 16.6 Å². The Labute approximate surface area is 200 Å². The zero-order valence-corrected chi connectivity index (χ0v) is 20.7. The summed E-state index contributed by atoms with van der Waals surface area (Å²) in [5.41, 5.74) is 1.37. The number of sulfonamides is 1. The Morgan fingerprint density at radius 2 is 1.76 bits per heavy atom. The van der Waals surface area contributed by atoms with Crippen molar-refractivity contribution in [2.45, 2.75) is 56.4 Å². The normalized spacial score (nSPS) is 14.9. The molecule has 8 nitrogen and oxygen atoms in total. The summed E-state index contributed by atoms with van der Waals surface area (Å²) in [4.78, 5) is 4.76. The highest BCUT2D eigenvalue weighted by Gasteiger charge is 2.27. The molecule has 34 heavy (non-hydrogen) atoms. The maximum atomic E-state index is 13.5. The summed E-state index contributed by atoms with van der Waals surface area (Å²) in [6, 6.07) is 12.1. The van der Waals surface area contributed by atoms with Crippen LogP contribution in [0.1, 0.15) is 56.4 Å². The van der Waals surface area contributed by atoms with Crippen molar-refractivity contribution >= 4 is 10.0 Å². The van der Waals surface area contributed by atoms with E-state index in [1.54, 1.807) is 25.3 Å². The summed E-state index contributed by atoms with van der Waals surface area (Å²) in [7, 11) is -0.637. The van der Waals surface area contributed by atoms with Gasteiger partial charge in [0.15, 0.2) is 0 Å². The molecule has 3 aromatic rings. The molecule has 0 N–H and O–H groups in total. The van der Waals surface area contributed by atoms with Crippen LogP contribution in [0.2, 0.25) is 0 Å². The second-order valence-corrected chi connectivity index (χ2v) is 10.4. The molecule has 0 radical (unpaired) electrons. The molecule has 1 aromatic heterocycles. The molecular weight excluding hydrogens is 454 g/mol. The lowest BCUT2D eigenvalue weighted by molar-refractivity contribution is 0.314. The van der Waals surface area contributed by atoms with Gasteiger partial charge in [-0.3, -0.25) is 0 Å². The number of rotatable bonds is 9. The minimum Gasteiger partial charge on any atom is -0.497 e. The first kappa shape index (κ1) is 24.2. The van der Waals surface area contributed by atoms with Gasteiger partial charge in [0.05, 0.1) is 24.7 Å². The minimum atomic E-state index is -3.77. The smallest absolute Gasteiger partial charge is 0.243 e. The fourth-order valence-corrected chi connectivity index (χ4v) is 5.80. The van der Waals surface area contributed by atoms with Crippen LogP contribution in [0.15, 0.2) is 51.9 Å². The van der Waals surface area contributed by atoms with Gasteiger partial charge in [0.1, 0.15) is 11.5 Å². The molecule has 1 aliphatic rings. The SMILES string of the molecule is CCN(Cc1ccc(OC)cc1)S(=O)(=O)c1ccc(OC)c(-c2noc(C3CCCCC3)n2)c1. The van der Waals surface area contributed by atoms with Gasteiger partial charge in [-0.05, 0) is 48.7 Å². The van der Waals surface area contributed by atoms with E-state index in [4.69, 9.17) is 14.0 Å². The van der Waals surface area contributed by atoms with Crippen LogP contribution in [0.4, 0.5) is 0 Å². The molecule has 1 saturated carbocycles. The quantitative estimate of drug-likeness (QED) is 0.420. The molecule has 4 rings (SSSR count). The number of hydrogen-bond donors (Lipinski definition) is 0.